The highest BCUT2D eigenvalue weighted by Gasteiger charge is 2.01. The van der Waals surface area contributed by atoms with Crippen molar-refractivity contribution in [2.45, 2.75) is 13.0 Å². The van der Waals surface area contributed by atoms with Crippen molar-refractivity contribution in [2.75, 3.05) is 53.3 Å². The summed E-state index contributed by atoms with van der Waals surface area (Å²) >= 11 is 0. The molecule has 0 spiro atoms. The zero-order valence-corrected chi connectivity index (χ0v) is 12.9. The van der Waals surface area contributed by atoms with Gasteiger partial charge in [-0.05, 0) is 24.1 Å². The van der Waals surface area contributed by atoms with Crippen LogP contribution in [0.3, 0.4) is 0 Å². The third kappa shape index (κ3) is 8.80. The van der Waals surface area contributed by atoms with Crippen LogP contribution in [0.15, 0.2) is 24.3 Å². The molecule has 0 aliphatic heterocycles. The van der Waals surface area contributed by atoms with Gasteiger partial charge in [-0.3, -0.25) is 0 Å². The summed E-state index contributed by atoms with van der Waals surface area (Å²) in [5, 5.41) is 0. The average molecular weight is 297 g/mol. The minimum atomic E-state index is 0.576. The molecule has 5 nitrogen and oxygen atoms in total. The molecule has 0 amide bonds. The number of rotatable bonds is 13. The van der Waals surface area contributed by atoms with Crippen molar-refractivity contribution in [2.24, 2.45) is 5.73 Å². The number of benzene rings is 1. The first kappa shape index (κ1) is 18.1. The van der Waals surface area contributed by atoms with E-state index >= 15 is 0 Å². The first-order valence-electron chi connectivity index (χ1n) is 7.37. The van der Waals surface area contributed by atoms with Crippen LogP contribution in [0.4, 0.5) is 0 Å². The Morgan fingerprint density at radius 3 is 2.00 bits per heavy atom. The van der Waals surface area contributed by atoms with E-state index < -0.39 is 0 Å². The van der Waals surface area contributed by atoms with Gasteiger partial charge in [-0.2, -0.15) is 0 Å². The molecule has 0 atom stereocenters. The van der Waals surface area contributed by atoms with Gasteiger partial charge in [-0.25, -0.2) is 0 Å². The first-order chi connectivity index (χ1) is 10.4. The molecule has 0 heterocycles. The molecule has 5 heteroatoms. The highest BCUT2D eigenvalue weighted by Crippen LogP contribution is 2.10. The van der Waals surface area contributed by atoms with Crippen molar-refractivity contribution >= 4 is 0 Å². The summed E-state index contributed by atoms with van der Waals surface area (Å²) in [5.41, 5.74) is 8.06. The van der Waals surface area contributed by atoms with Gasteiger partial charge in [0.1, 0.15) is 0 Å². The summed E-state index contributed by atoms with van der Waals surface area (Å²) in [4.78, 5) is 0. The third-order valence-corrected chi connectivity index (χ3v) is 2.97. The molecule has 2 N–H and O–H groups in total. The van der Waals surface area contributed by atoms with E-state index in [9.17, 15) is 0 Å². The maximum absolute atomic E-state index is 5.63. The van der Waals surface area contributed by atoms with Gasteiger partial charge < -0.3 is 24.7 Å². The van der Waals surface area contributed by atoms with Crippen LogP contribution in [0, 0.1) is 0 Å². The van der Waals surface area contributed by atoms with Crippen molar-refractivity contribution < 1.29 is 18.9 Å². The fourth-order valence-corrected chi connectivity index (χ4v) is 1.86. The van der Waals surface area contributed by atoms with Gasteiger partial charge >= 0.3 is 0 Å². The zero-order chi connectivity index (χ0) is 15.2. The molecular weight excluding hydrogens is 270 g/mol. The van der Waals surface area contributed by atoms with E-state index in [4.69, 9.17) is 24.7 Å². The van der Waals surface area contributed by atoms with Crippen LogP contribution in [0.5, 0.6) is 0 Å². The molecule has 0 aromatic heterocycles. The second-order valence-corrected chi connectivity index (χ2v) is 4.58. The van der Waals surface area contributed by atoms with E-state index in [2.05, 4.69) is 12.1 Å². The molecule has 0 fully saturated rings. The quantitative estimate of drug-likeness (QED) is 0.557. The second-order valence-electron chi connectivity index (χ2n) is 4.58. The molecule has 0 saturated heterocycles. The number of hydrogen-bond acceptors (Lipinski definition) is 5. The Bertz CT molecular complexity index is 360. The molecule has 21 heavy (non-hydrogen) atoms. The normalized spacial score (nSPS) is 11.0. The summed E-state index contributed by atoms with van der Waals surface area (Å²) < 4.78 is 21.2. The monoisotopic (exact) mass is 297 g/mol. The zero-order valence-electron chi connectivity index (χ0n) is 12.9. The Labute approximate surface area is 127 Å². The lowest BCUT2D eigenvalue weighted by Gasteiger charge is -2.10. The number of nitrogens with two attached hydrogens (primary N) is 1. The van der Waals surface area contributed by atoms with Crippen LogP contribution in [0.1, 0.15) is 11.1 Å². The Morgan fingerprint density at radius 2 is 1.38 bits per heavy atom. The Hall–Kier alpha value is -0.980. The van der Waals surface area contributed by atoms with E-state index in [1.807, 2.05) is 12.1 Å². The maximum atomic E-state index is 5.63. The van der Waals surface area contributed by atoms with Crippen LogP contribution in [-0.4, -0.2) is 53.3 Å². The SMILES string of the molecule is COCCOCCOCCOCc1ccccc1CCN. The van der Waals surface area contributed by atoms with E-state index in [-0.39, 0.29) is 0 Å². The predicted octanol–water partition coefficient (Wildman–Crippen LogP) is 1.38. The summed E-state index contributed by atoms with van der Waals surface area (Å²) in [6.07, 6.45) is 0.884. The van der Waals surface area contributed by atoms with E-state index in [0.717, 1.165) is 6.42 Å². The fourth-order valence-electron chi connectivity index (χ4n) is 1.86. The Morgan fingerprint density at radius 1 is 0.810 bits per heavy atom. The van der Waals surface area contributed by atoms with Gasteiger partial charge in [0.2, 0.25) is 0 Å². The molecule has 0 aliphatic carbocycles. The molecule has 1 rings (SSSR count). The summed E-state index contributed by atoms with van der Waals surface area (Å²) in [6.45, 7) is 4.80. The standard InChI is InChI=1S/C16H27NO4/c1-18-8-9-19-10-11-20-12-13-21-14-16-5-3-2-4-15(16)6-7-17/h2-5H,6-14,17H2,1H3. The number of methoxy groups -OCH3 is 1. The Balaban J connectivity index is 2.01. The molecule has 1 aromatic carbocycles. The lowest BCUT2D eigenvalue weighted by atomic mass is 10.1. The van der Waals surface area contributed by atoms with Crippen LogP contribution >= 0.6 is 0 Å². The molecule has 120 valence electrons. The summed E-state index contributed by atoms with van der Waals surface area (Å²) in [5.74, 6) is 0. The molecule has 0 radical (unpaired) electrons. The molecule has 1 aromatic rings. The van der Waals surface area contributed by atoms with Crippen molar-refractivity contribution in [3.05, 3.63) is 35.4 Å². The van der Waals surface area contributed by atoms with Crippen molar-refractivity contribution in [3.8, 4) is 0 Å². The van der Waals surface area contributed by atoms with Gasteiger partial charge in [-0.15, -0.1) is 0 Å². The largest absolute Gasteiger partial charge is 0.382 e. The van der Waals surface area contributed by atoms with Gasteiger partial charge in [0.15, 0.2) is 0 Å². The van der Waals surface area contributed by atoms with Gasteiger partial charge in [-0.1, -0.05) is 24.3 Å². The maximum Gasteiger partial charge on any atom is 0.0720 e. The highest BCUT2D eigenvalue weighted by atomic mass is 16.6. The van der Waals surface area contributed by atoms with E-state index in [1.54, 1.807) is 7.11 Å². The average Bonchev–Trinajstić information content (AvgIpc) is 2.51. The predicted molar refractivity (Wildman–Crippen MR) is 82.4 cm³/mol. The minimum absolute atomic E-state index is 0.576. The first-order valence-corrected chi connectivity index (χ1v) is 7.37. The lowest BCUT2D eigenvalue weighted by Crippen LogP contribution is -2.11. The Kier molecular flexibility index (Phi) is 11.0. The summed E-state index contributed by atoms with van der Waals surface area (Å²) in [7, 11) is 1.66. The topological polar surface area (TPSA) is 62.9 Å². The highest BCUT2D eigenvalue weighted by molar-refractivity contribution is 5.26. The van der Waals surface area contributed by atoms with Gasteiger partial charge in [0, 0.05) is 7.11 Å². The van der Waals surface area contributed by atoms with Crippen molar-refractivity contribution in [3.63, 3.8) is 0 Å². The van der Waals surface area contributed by atoms with E-state index in [1.165, 1.54) is 11.1 Å². The van der Waals surface area contributed by atoms with Gasteiger partial charge in [0.05, 0.1) is 46.2 Å². The minimum Gasteiger partial charge on any atom is -0.382 e. The fraction of sp³-hybridized carbons (Fsp3) is 0.625. The number of hydrogen-bond donors (Lipinski definition) is 1. The molecule has 0 bridgehead atoms. The van der Waals surface area contributed by atoms with Crippen molar-refractivity contribution in [1.82, 2.24) is 0 Å². The smallest absolute Gasteiger partial charge is 0.0720 e. The molecule has 0 aliphatic rings. The lowest BCUT2D eigenvalue weighted by molar-refractivity contribution is 0.000792. The molecule has 0 saturated carbocycles. The molecule has 0 unspecified atom stereocenters. The van der Waals surface area contributed by atoms with E-state index in [0.29, 0.717) is 52.8 Å². The molecular formula is C16H27NO4. The summed E-state index contributed by atoms with van der Waals surface area (Å²) in [6, 6.07) is 8.22. The van der Waals surface area contributed by atoms with Crippen LogP contribution in [-0.2, 0) is 32.0 Å². The van der Waals surface area contributed by atoms with Crippen molar-refractivity contribution in [1.29, 1.82) is 0 Å². The number of ether oxygens (including phenoxy) is 4. The van der Waals surface area contributed by atoms with Gasteiger partial charge in [0.25, 0.3) is 0 Å². The third-order valence-electron chi connectivity index (χ3n) is 2.97. The van der Waals surface area contributed by atoms with Crippen LogP contribution in [0.25, 0.3) is 0 Å². The second kappa shape index (κ2) is 12.7. The van der Waals surface area contributed by atoms with Crippen LogP contribution < -0.4 is 5.73 Å². The van der Waals surface area contributed by atoms with Crippen LogP contribution in [0.2, 0.25) is 0 Å².